The average molecular weight is 251 g/mol. The Balaban J connectivity index is 2.39. The van der Waals surface area contributed by atoms with Crippen LogP contribution in [0.4, 0.5) is 11.5 Å². The number of carbonyl (C=O) groups excluding carboxylic acids is 1. The zero-order valence-corrected chi connectivity index (χ0v) is 11.0. The fraction of sp³-hybridized carbons (Fsp3) is 0.667. The number of hydrogen-bond donors (Lipinski definition) is 2. The van der Waals surface area contributed by atoms with Gasteiger partial charge in [-0.15, -0.1) is 0 Å². The summed E-state index contributed by atoms with van der Waals surface area (Å²) in [7, 11) is 0. The Morgan fingerprint density at radius 2 is 2.28 bits per heavy atom. The van der Waals surface area contributed by atoms with E-state index >= 15 is 0 Å². The lowest BCUT2D eigenvalue weighted by Gasteiger charge is -2.25. The lowest BCUT2D eigenvalue weighted by Crippen LogP contribution is -2.41. The summed E-state index contributed by atoms with van der Waals surface area (Å²) in [5, 5.41) is 4.44. The Bertz CT molecular complexity index is 454. The van der Waals surface area contributed by atoms with E-state index in [-0.39, 0.29) is 11.9 Å². The van der Waals surface area contributed by atoms with Gasteiger partial charge in [-0.1, -0.05) is 6.92 Å². The van der Waals surface area contributed by atoms with E-state index in [4.69, 9.17) is 11.5 Å². The van der Waals surface area contributed by atoms with Gasteiger partial charge in [0.05, 0.1) is 11.4 Å². The fourth-order valence-corrected chi connectivity index (χ4v) is 2.57. The highest BCUT2D eigenvalue weighted by Gasteiger charge is 2.33. The molecule has 1 aromatic rings. The molecule has 6 heteroatoms. The van der Waals surface area contributed by atoms with Gasteiger partial charge in [0, 0.05) is 13.1 Å². The zero-order chi connectivity index (χ0) is 13.3. The monoisotopic (exact) mass is 251 g/mol. The molecule has 6 nitrogen and oxygen atoms in total. The van der Waals surface area contributed by atoms with Gasteiger partial charge in [-0.3, -0.25) is 4.79 Å². The van der Waals surface area contributed by atoms with E-state index < -0.39 is 0 Å². The molecule has 1 aliphatic heterocycles. The minimum Gasteiger partial charge on any atom is -0.394 e. The lowest BCUT2D eigenvalue weighted by atomic mass is 10.2. The summed E-state index contributed by atoms with van der Waals surface area (Å²) in [5.41, 5.74) is 13.0. The Morgan fingerprint density at radius 1 is 1.56 bits per heavy atom. The molecule has 1 unspecified atom stereocenters. The SMILES string of the molecule is CCCn1nc(C)c(N)c1N1CCCC1C(N)=O. The highest BCUT2D eigenvalue weighted by Crippen LogP contribution is 2.32. The van der Waals surface area contributed by atoms with Crippen molar-refractivity contribution in [1.29, 1.82) is 0 Å². The van der Waals surface area contributed by atoms with Gasteiger partial charge in [-0.25, -0.2) is 4.68 Å². The Hall–Kier alpha value is -1.72. The summed E-state index contributed by atoms with van der Waals surface area (Å²) in [5.74, 6) is 0.574. The molecule has 1 saturated heterocycles. The average Bonchev–Trinajstić information content (AvgIpc) is 2.86. The number of nitrogens with zero attached hydrogens (tertiary/aromatic N) is 3. The van der Waals surface area contributed by atoms with Gasteiger partial charge >= 0.3 is 0 Å². The molecule has 4 N–H and O–H groups in total. The van der Waals surface area contributed by atoms with Gasteiger partial charge in [-0.05, 0) is 26.2 Å². The molecule has 2 heterocycles. The van der Waals surface area contributed by atoms with Gasteiger partial charge in [0.15, 0.2) is 5.82 Å². The topological polar surface area (TPSA) is 90.2 Å². The van der Waals surface area contributed by atoms with Crippen molar-refractivity contribution in [2.24, 2.45) is 5.73 Å². The number of aryl methyl sites for hydroxylation is 2. The van der Waals surface area contributed by atoms with Crippen LogP contribution in [0.3, 0.4) is 0 Å². The third-order valence-electron chi connectivity index (χ3n) is 3.43. The number of carbonyl (C=O) groups is 1. The highest BCUT2D eigenvalue weighted by molar-refractivity contribution is 5.85. The molecule has 18 heavy (non-hydrogen) atoms. The van der Waals surface area contributed by atoms with Crippen LogP contribution in [0.15, 0.2) is 0 Å². The largest absolute Gasteiger partial charge is 0.394 e. The number of aromatic nitrogens is 2. The molecule has 0 saturated carbocycles. The van der Waals surface area contributed by atoms with Gasteiger partial charge in [0.1, 0.15) is 6.04 Å². The fourth-order valence-electron chi connectivity index (χ4n) is 2.57. The molecule has 2 rings (SSSR count). The maximum Gasteiger partial charge on any atom is 0.240 e. The number of rotatable bonds is 4. The van der Waals surface area contributed by atoms with E-state index in [0.29, 0.717) is 5.69 Å². The lowest BCUT2D eigenvalue weighted by molar-refractivity contribution is -0.119. The van der Waals surface area contributed by atoms with Crippen molar-refractivity contribution in [3.8, 4) is 0 Å². The maximum absolute atomic E-state index is 11.5. The van der Waals surface area contributed by atoms with E-state index in [0.717, 1.165) is 43.9 Å². The van der Waals surface area contributed by atoms with Crippen molar-refractivity contribution < 1.29 is 4.79 Å². The molecule has 1 amide bonds. The molecule has 100 valence electrons. The second-order valence-corrected chi connectivity index (χ2v) is 4.80. The Labute approximate surface area is 107 Å². The normalized spacial score (nSPS) is 19.4. The van der Waals surface area contributed by atoms with Gasteiger partial charge in [-0.2, -0.15) is 5.10 Å². The quantitative estimate of drug-likeness (QED) is 0.821. The van der Waals surface area contributed by atoms with Crippen LogP contribution in [0.2, 0.25) is 0 Å². The van der Waals surface area contributed by atoms with Crippen molar-refractivity contribution in [2.75, 3.05) is 17.2 Å². The molecular formula is C12H21N5O. The van der Waals surface area contributed by atoms with Crippen LogP contribution in [0, 0.1) is 6.92 Å². The standard InChI is InChI=1S/C12H21N5O/c1-3-6-17-12(10(13)8(2)15-17)16-7-4-5-9(16)11(14)18/h9H,3-7,13H2,1-2H3,(H2,14,18). The molecule has 1 aliphatic rings. The molecule has 0 aromatic carbocycles. The number of nitrogens with two attached hydrogens (primary N) is 2. The maximum atomic E-state index is 11.5. The number of hydrogen-bond acceptors (Lipinski definition) is 4. The molecule has 0 bridgehead atoms. The predicted molar refractivity (Wildman–Crippen MR) is 71.2 cm³/mol. The van der Waals surface area contributed by atoms with Crippen molar-refractivity contribution in [2.45, 2.75) is 45.7 Å². The van der Waals surface area contributed by atoms with Crippen molar-refractivity contribution >= 4 is 17.4 Å². The first-order valence-corrected chi connectivity index (χ1v) is 6.45. The van der Waals surface area contributed by atoms with Crippen molar-refractivity contribution in [3.63, 3.8) is 0 Å². The van der Waals surface area contributed by atoms with Crippen molar-refractivity contribution in [3.05, 3.63) is 5.69 Å². The number of anilines is 2. The molecular weight excluding hydrogens is 230 g/mol. The summed E-state index contributed by atoms with van der Waals surface area (Å²) in [6.45, 7) is 5.59. The minimum absolute atomic E-state index is 0.251. The molecule has 1 fully saturated rings. The molecule has 1 atom stereocenters. The first-order valence-electron chi connectivity index (χ1n) is 6.45. The summed E-state index contributed by atoms with van der Waals surface area (Å²) < 4.78 is 1.89. The van der Waals surface area contributed by atoms with E-state index in [1.165, 1.54) is 0 Å². The third-order valence-corrected chi connectivity index (χ3v) is 3.43. The predicted octanol–water partition coefficient (Wildman–Crippen LogP) is 0.638. The smallest absolute Gasteiger partial charge is 0.240 e. The van der Waals surface area contributed by atoms with Gasteiger partial charge in [0.2, 0.25) is 5.91 Å². The number of primary amides is 1. The summed E-state index contributed by atoms with van der Waals surface area (Å²) >= 11 is 0. The molecule has 0 spiro atoms. The minimum atomic E-state index is -0.284. The third kappa shape index (κ3) is 2.02. The number of amides is 1. The second kappa shape index (κ2) is 4.88. The van der Waals surface area contributed by atoms with Crippen LogP contribution in [-0.2, 0) is 11.3 Å². The van der Waals surface area contributed by atoms with Gasteiger partial charge < -0.3 is 16.4 Å². The van der Waals surface area contributed by atoms with E-state index in [2.05, 4.69) is 12.0 Å². The Morgan fingerprint density at radius 3 is 2.89 bits per heavy atom. The van der Waals surface area contributed by atoms with Crippen LogP contribution in [0.1, 0.15) is 31.9 Å². The molecule has 0 aliphatic carbocycles. The zero-order valence-electron chi connectivity index (χ0n) is 11.0. The van der Waals surface area contributed by atoms with Crippen molar-refractivity contribution in [1.82, 2.24) is 9.78 Å². The second-order valence-electron chi connectivity index (χ2n) is 4.80. The van der Waals surface area contributed by atoms with Gasteiger partial charge in [0.25, 0.3) is 0 Å². The first kappa shape index (κ1) is 12.7. The van der Waals surface area contributed by atoms with E-state index in [1.807, 2.05) is 16.5 Å². The number of nitrogen functional groups attached to an aromatic ring is 1. The van der Waals surface area contributed by atoms with Crippen LogP contribution in [0.25, 0.3) is 0 Å². The Kier molecular flexibility index (Phi) is 3.45. The highest BCUT2D eigenvalue weighted by atomic mass is 16.1. The van der Waals surface area contributed by atoms with Crippen LogP contribution in [-0.4, -0.2) is 28.3 Å². The molecule has 0 radical (unpaired) electrons. The first-order chi connectivity index (χ1) is 8.56. The van der Waals surface area contributed by atoms with E-state index in [9.17, 15) is 4.79 Å². The summed E-state index contributed by atoms with van der Waals surface area (Å²) in [6.07, 6.45) is 2.73. The van der Waals surface area contributed by atoms with Crippen LogP contribution >= 0.6 is 0 Å². The summed E-state index contributed by atoms with van der Waals surface area (Å²) in [6, 6.07) is -0.251. The van der Waals surface area contributed by atoms with E-state index in [1.54, 1.807) is 0 Å². The van der Waals surface area contributed by atoms with Crippen LogP contribution < -0.4 is 16.4 Å². The summed E-state index contributed by atoms with van der Waals surface area (Å²) in [4.78, 5) is 13.5. The molecule has 1 aromatic heterocycles. The van der Waals surface area contributed by atoms with Crippen LogP contribution in [0.5, 0.6) is 0 Å².